The second-order valence-electron chi connectivity index (χ2n) is 2.47. The second kappa shape index (κ2) is 6.64. The van der Waals surface area contributed by atoms with E-state index >= 15 is 0 Å². The number of terminal acetylenes is 1. The predicted molar refractivity (Wildman–Crippen MR) is 43.2 cm³/mol. The van der Waals surface area contributed by atoms with Gasteiger partial charge in [0.25, 0.3) is 0 Å². The van der Waals surface area contributed by atoms with Gasteiger partial charge in [-0.05, 0) is 19.3 Å². The summed E-state index contributed by atoms with van der Waals surface area (Å²) in [5, 5.41) is 0. The van der Waals surface area contributed by atoms with E-state index in [0.717, 1.165) is 25.9 Å². The van der Waals surface area contributed by atoms with Crippen LogP contribution in [0.25, 0.3) is 0 Å². The van der Waals surface area contributed by atoms with Crippen LogP contribution >= 0.6 is 0 Å². The van der Waals surface area contributed by atoms with E-state index < -0.39 is 0 Å². The Bertz CT molecular complexity index is 102. The smallest absolute Gasteiger partial charge is 0.0700 e. The molecule has 0 spiro atoms. The first-order valence-electron chi connectivity index (χ1n) is 3.64. The van der Waals surface area contributed by atoms with Crippen molar-refractivity contribution in [3.05, 3.63) is 7.11 Å². The zero-order valence-corrected chi connectivity index (χ0v) is 6.60. The van der Waals surface area contributed by atoms with Crippen LogP contribution in [0.15, 0.2) is 0 Å². The van der Waals surface area contributed by atoms with Crippen LogP contribution < -0.4 is 0 Å². The van der Waals surface area contributed by atoms with Gasteiger partial charge >= 0.3 is 0 Å². The Morgan fingerprint density at radius 2 is 2.30 bits per heavy atom. The van der Waals surface area contributed by atoms with Gasteiger partial charge in [-0.3, -0.25) is 0 Å². The molecule has 0 fully saturated rings. The maximum Gasteiger partial charge on any atom is 0.0700 e. The summed E-state index contributed by atoms with van der Waals surface area (Å²) < 4.78 is 4.66. The summed E-state index contributed by atoms with van der Waals surface area (Å²) in [6.07, 6.45) is 8.50. The van der Waals surface area contributed by atoms with Crippen molar-refractivity contribution in [1.82, 2.24) is 0 Å². The van der Waals surface area contributed by atoms with Crippen LogP contribution in [0, 0.1) is 25.4 Å². The van der Waals surface area contributed by atoms with Crippen molar-refractivity contribution in [1.29, 1.82) is 0 Å². The van der Waals surface area contributed by atoms with Crippen LogP contribution in [0.5, 0.6) is 0 Å². The average Bonchev–Trinajstić information content (AvgIpc) is 1.98. The number of unbranched alkanes of at least 4 members (excludes halogenated alkanes) is 1. The maximum atomic E-state index is 5.19. The van der Waals surface area contributed by atoms with Crippen molar-refractivity contribution in [3.63, 3.8) is 0 Å². The maximum absolute atomic E-state index is 5.19. The van der Waals surface area contributed by atoms with Crippen LogP contribution in [0.2, 0.25) is 0 Å². The molecule has 57 valence electrons. The molecule has 0 aromatic rings. The lowest BCUT2D eigenvalue weighted by molar-refractivity contribution is 0.232. The molecule has 0 aromatic carbocycles. The summed E-state index contributed by atoms with van der Waals surface area (Å²) in [4.78, 5) is 0. The van der Waals surface area contributed by atoms with E-state index in [2.05, 4.69) is 24.7 Å². The third-order valence-electron chi connectivity index (χ3n) is 1.46. The predicted octanol–water partition coefficient (Wildman–Crippen LogP) is 2.23. The Hall–Kier alpha value is -0.480. The zero-order valence-electron chi connectivity index (χ0n) is 6.60. The molecule has 0 N–H and O–H groups in total. The van der Waals surface area contributed by atoms with E-state index in [-0.39, 0.29) is 0 Å². The molecule has 1 nitrogen and oxygen atoms in total. The van der Waals surface area contributed by atoms with E-state index in [4.69, 9.17) is 6.42 Å². The number of ether oxygens (including phenoxy) is 1. The minimum Gasteiger partial charge on any atom is -0.379 e. The summed E-state index contributed by atoms with van der Waals surface area (Å²) in [6, 6.07) is 0. The van der Waals surface area contributed by atoms with E-state index in [0.29, 0.717) is 5.92 Å². The Kier molecular flexibility index (Phi) is 6.32. The van der Waals surface area contributed by atoms with Crippen molar-refractivity contribution < 1.29 is 4.74 Å². The lowest BCUT2D eigenvalue weighted by Crippen LogP contribution is -1.92. The number of hydrogen-bond acceptors (Lipinski definition) is 1. The highest BCUT2D eigenvalue weighted by Crippen LogP contribution is 2.05. The van der Waals surface area contributed by atoms with Crippen LogP contribution in [0.1, 0.15) is 26.2 Å². The van der Waals surface area contributed by atoms with Gasteiger partial charge in [0.15, 0.2) is 0 Å². The monoisotopic (exact) mass is 139 g/mol. The summed E-state index contributed by atoms with van der Waals surface area (Å²) in [6.45, 7) is 2.81. The molecule has 0 rings (SSSR count). The molecule has 1 atom stereocenters. The van der Waals surface area contributed by atoms with Crippen LogP contribution in [-0.2, 0) is 4.74 Å². The fourth-order valence-electron chi connectivity index (χ4n) is 0.738. The molecule has 0 saturated heterocycles. The molecule has 1 radical (unpaired) electrons. The van der Waals surface area contributed by atoms with Gasteiger partial charge in [0.05, 0.1) is 7.11 Å². The Balaban J connectivity index is 2.98. The first kappa shape index (κ1) is 9.52. The van der Waals surface area contributed by atoms with Crippen molar-refractivity contribution in [3.8, 4) is 12.3 Å². The normalized spacial score (nSPS) is 12.5. The van der Waals surface area contributed by atoms with E-state index in [1.165, 1.54) is 0 Å². The van der Waals surface area contributed by atoms with Gasteiger partial charge in [-0.25, -0.2) is 0 Å². The minimum absolute atomic E-state index is 0.407. The largest absolute Gasteiger partial charge is 0.379 e. The molecule has 0 amide bonds. The quantitative estimate of drug-likeness (QED) is 0.419. The molecule has 0 aromatic heterocycles. The summed E-state index contributed by atoms with van der Waals surface area (Å²) >= 11 is 0. The minimum atomic E-state index is 0.407. The molecule has 0 aliphatic rings. The van der Waals surface area contributed by atoms with Gasteiger partial charge < -0.3 is 4.74 Å². The highest BCUT2D eigenvalue weighted by Gasteiger charge is 1.94. The SMILES string of the molecule is C#CC(C)CCCCO[CH2]. The first-order chi connectivity index (χ1) is 4.81. The summed E-state index contributed by atoms with van der Waals surface area (Å²) in [5.41, 5.74) is 0. The number of rotatable bonds is 5. The third-order valence-corrected chi connectivity index (χ3v) is 1.46. The van der Waals surface area contributed by atoms with Gasteiger partial charge in [-0.1, -0.05) is 6.92 Å². The fourth-order valence-corrected chi connectivity index (χ4v) is 0.738. The highest BCUT2D eigenvalue weighted by molar-refractivity contribution is 4.89. The second-order valence-corrected chi connectivity index (χ2v) is 2.47. The van der Waals surface area contributed by atoms with Crippen LogP contribution in [0.4, 0.5) is 0 Å². The molecule has 0 aliphatic carbocycles. The van der Waals surface area contributed by atoms with Gasteiger partial charge in [0.1, 0.15) is 0 Å². The van der Waals surface area contributed by atoms with Crippen LogP contribution in [-0.4, -0.2) is 6.61 Å². The topological polar surface area (TPSA) is 9.23 Å². The molecule has 10 heavy (non-hydrogen) atoms. The standard InChI is InChI=1S/C9H15O/c1-4-9(2)7-5-6-8-10-3/h1,9H,3,5-8H2,2H3. The van der Waals surface area contributed by atoms with Crippen LogP contribution in [0.3, 0.4) is 0 Å². The molecule has 0 aliphatic heterocycles. The molecule has 0 saturated carbocycles. The van der Waals surface area contributed by atoms with Gasteiger partial charge in [0.2, 0.25) is 0 Å². The zero-order chi connectivity index (χ0) is 7.82. The molecule has 0 heterocycles. The lowest BCUT2D eigenvalue weighted by Gasteiger charge is -2.01. The van der Waals surface area contributed by atoms with Crippen molar-refractivity contribution >= 4 is 0 Å². The Morgan fingerprint density at radius 1 is 1.60 bits per heavy atom. The third kappa shape index (κ3) is 5.65. The van der Waals surface area contributed by atoms with Crippen molar-refractivity contribution in [2.45, 2.75) is 26.2 Å². The average molecular weight is 139 g/mol. The van der Waals surface area contributed by atoms with Gasteiger partial charge in [-0.15, -0.1) is 12.3 Å². The highest BCUT2D eigenvalue weighted by atomic mass is 16.5. The summed E-state index contributed by atoms with van der Waals surface area (Å²) in [5.74, 6) is 3.09. The van der Waals surface area contributed by atoms with E-state index in [1.807, 2.05) is 0 Å². The molecule has 1 heteroatoms. The number of hydrogen-bond donors (Lipinski definition) is 0. The lowest BCUT2D eigenvalue weighted by atomic mass is 10.1. The molecule has 0 bridgehead atoms. The molecular formula is C9H15O. The van der Waals surface area contributed by atoms with E-state index in [1.54, 1.807) is 0 Å². The first-order valence-corrected chi connectivity index (χ1v) is 3.64. The van der Waals surface area contributed by atoms with Crippen molar-refractivity contribution in [2.24, 2.45) is 5.92 Å². The Morgan fingerprint density at radius 3 is 2.80 bits per heavy atom. The van der Waals surface area contributed by atoms with Gasteiger partial charge in [0, 0.05) is 12.5 Å². The molecule has 1 unspecified atom stereocenters. The van der Waals surface area contributed by atoms with Gasteiger partial charge in [-0.2, -0.15) is 0 Å². The van der Waals surface area contributed by atoms with E-state index in [9.17, 15) is 0 Å². The fraction of sp³-hybridized carbons (Fsp3) is 0.667. The molecular weight excluding hydrogens is 124 g/mol. The van der Waals surface area contributed by atoms with Crippen molar-refractivity contribution in [2.75, 3.05) is 6.61 Å². The Labute approximate surface area is 63.8 Å². The summed E-state index contributed by atoms with van der Waals surface area (Å²) in [7, 11) is 3.28.